The summed E-state index contributed by atoms with van der Waals surface area (Å²) in [4.78, 5) is 16.4. The number of aromatic nitrogens is 2. The van der Waals surface area contributed by atoms with Gasteiger partial charge in [0.1, 0.15) is 0 Å². The number of carbonyl (C=O) groups excluding carboxylic acids is 1. The Hall–Kier alpha value is -2.63. The summed E-state index contributed by atoms with van der Waals surface area (Å²) in [5, 5.41) is 7.59. The predicted molar refractivity (Wildman–Crippen MR) is 70.5 cm³/mol. The van der Waals surface area contributed by atoms with Gasteiger partial charge in [0.05, 0.1) is 11.8 Å². The average Bonchev–Trinajstić information content (AvgIpc) is 2.94. The number of amidine groups is 1. The third-order valence-corrected chi connectivity index (χ3v) is 2.49. The van der Waals surface area contributed by atoms with Gasteiger partial charge in [-0.3, -0.25) is 4.68 Å². The van der Waals surface area contributed by atoms with Crippen LogP contribution in [0.4, 0.5) is 0 Å². The summed E-state index contributed by atoms with van der Waals surface area (Å²) in [6.45, 7) is 2.61. The summed E-state index contributed by atoms with van der Waals surface area (Å²) >= 11 is 0. The Labute approximate surface area is 110 Å². The number of nitrogens with two attached hydrogens (primary N) is 1. The zero-order valence-electron chi connectivity index (χ0n) is 10.5. The molecule has 0 amide bonds. The van der Waals surface area contributed by atoms with Gasteiger partial charge in [0.25, 0.3) is 0 Å². The summed E-state index contributed by atoms with van der Waals surface area (Å²) < 4.78 is 1.63. The van der Waals surface area contributed by atoms with Crippen LogP contribution in [0.15, 0.2) is 47.9 Å². The number of rotatable bonds is 4. The Morgan fingerprint density at radius 2 is 2.11 bits per heavy atom. The van der Waals surface area contributed by atoms with Crippen molar-refractivity contribution in [3.8, 4) is 0 Å². The van der Waals surface area contributed by atoms with Gasteiger partial charge in [-0.1, -0.05) is 35.5 Å². The lowest BCUT2D eigenvalue weighted by atomic mass is 10.2. The van der Waals surface area contributed by atoms with Crippen molar-refractivity contribution in [2.24, 2.45) is 10.9 Å². The minimum absolute atomic E-state index is 0.150. The fourth-order valence-corrected chi connectivity index (χ4v) is 1.45. The monoisotopic (exact) mass is 258 g/mol. The van der Waals surface area contributed by atoms with Crippen LogP contribution < -0.4 is 5.73 Å². The van der Waals surface area contributed by atoms with Crippen molar-refractivity contribution in [1.82, 2.24) is 9.78 Å². The SMILES string of the molecule is CCn1cc(C(=O)O/N=C(\N)c2ccccc2)cn1. The topological polar surface area (TPSA) is 82.5 Å². The van der Waals surface area contributed by atoms with E-state index in [9.17, 15) is 4.79 Å². The van der Waals surface area contributed by atoms with E-state index in [-0.39, 0.29) is 5.84 Å². The molecular formula is C13H14N4O2. The van der Waals surface area contributed by atoms with Gasteiger partial charge in [0, 0.05) is 18.3 Å². The molecule has 2 N–H and O–H groups in total. The van der Waals surface area contributed by atoms with Gasteiger partial charge in [0.2, 0.25) is 0 Å². The highest BCUT2D eigenvalue weighted by Gasteiger charge is 2.10. The zero-order chi connectivity index (χ0) is 13.7. The normalized spacial score (nSPS) is 11.3. The molecule has 2 aromatic rings. The van der Waals surface area contributed by atoms with Crippen LogP contribution in [0.5, 0.6) is 0 Å². The molecule has 6 nitrogen and oxygen atoms in total. The van der Waals surface area contributed by atoms with Crippen LogP contribution in [-0.4, -0.2) is 21.6 Å². The molecule has 19 heavy (non-hydrogen) atoms. The maximum atomic E-state index is 11.7. The first-order valence-electron chi connectivity index (χ1n) is 5.83. The third kappa shape index (κ3) is 3.19. The van der Waals surface area contributed by atoms with Crippen molar-refractivity contribution in [3.05, 3.63) is 53.9 Å². The quantitative estimate of drug-likeness (QED) is 0.389. The molecule has 0 bridgehead atoms. The van der Waals surface area contributed by atoms with E-state index in [2.05, 4.69) is 10.3 Å². The highest BCUT2D eigenvalue weighted by molar-refractivity contribution is 5.98. The zero-order valence-corrected chi connectivity index (χ0v) is 10.5. The number of hydrogen-bond donors (Lipinski definition) is 1. The summed E-state index contributed by atoms with van der Waals surface area (Å²) in [5.41, 5.74) is 6.74. The largest absolute Gasteiger partial charge is 0.380 e. The van der Waals surface area contributed by atoms with E-state index in [1.54, 1.807) is 23.0 Å². The number of oxime groups is 1. The average molecular weight is 258 g/mol. The molecule has 0 atom stereocenters. The molecule has 0 saturated carbocycles. The van der Waals surface area contributed by atoms with E-state index in [0.717, 1.165) is 0 Å². The Kier molecular flexibility index (Phi) is 3.92. The van der Waals surface area contributed by atoms with Gasteiger partial charge in [-0.2, -0.15) is 5.10 Å². The van der Waals surface area contributed by atoms with Crippen molar-refractivity contribution in [1.29, 1.82) is 0 Å². The molecule has 0 saturated heterocycles. The Morgan fingerprint density at radius 1 is 1.37 bits per heavy atom. The molecule has 0 aliphatic carbocycles. The second-order valence-electron chi connectivity index (χ2n) is 3.81. The van der Waals surface area contributed by atoms with Crippen LogP contribution in [0, 0.1) is 0 Å². The molecule has 0 aliphatic rings. The van der Waals surface area contributed by atoms with Gasteiger partial charge >= 0.3 is 5.97 Å². The van der Waals surface area contributed by atoms with Crippen molar-refractivity contribution >= 4 is 11.8 Å². The number of benzene rings is 1. The van der Waals surface area contributed by atoms with Crippen LogP contribution in [0.2, 0.25) is 0 Å². The van der Waals surface area contributed by atoms with Gasteiger partial charge in [-0.15, -0.1) is 0 Å². The summed E-state index contributed by atoms with van der Waals surface area (Å²) in [6.07, 6.45) is 3.02. The fourth-order valence-electron chi connectivity index (χ4n) is 1.45. The van der Waals surface area contributed by atoms with Crippen LogP contribution >= 0.6 is 0 Å². The molecule has 1 heterocycles. The van der Waals surface area contributed by atoms with Gasteiger partial charge in [-0.25, -0.2) is 4.79 Å². The third-order valence-electron chi connectivity index (χ3n) is 2.49. The standard InChI is InChI=1S/C13H14N4O2/c1-2-17-9-11(8-15-17)13(18)19-16-12(14)10-6-4-3-5-7-10/h3-9H,2H2,1H3,(H2,14,16). The number of hydrogen-bond acceptors (Lipinski definition) is 4. The van der Waals surface area contributed by atoms with Crippen molar-refractivity contribution in [3.63, 3.8) is 0 Å². The maximum Gasteiger partial charge on any atom is 0.368 e. The highest BCUT2D eigenvalue weighted by Crippen LogP contribution is 2.02. The summed E-state index contributed by atoms with van der Waals surface area (Å²) in [7, 11) is 0. The molecule has 6 heteroatoms. The Balaban J connectivity index is 2.03. The smallest absolute Gasteiger partial charge is 0.368 e. The lowest BCUT2D eigenvalue weighted by Gasteiger charge is -1.99. The lowest BCUT2D eigenvalue weighted by molar-refractivity contribution is 0.0516. The van der Waals surface area contributed by atoms with Crippen molar-refractivity contribution in [2.75, 3.05) is 0 Å². The molecule has 2 rings (SSSR count). The molecule has 0 fully saturated rings. The van der Waals surface area contributed by atoms with E-state index < -0.39 is 5.97 Å². The van der Waals surface area contributed by atoms with Gasteiger partial charge in [0.15, 0.2) is 5.84 Å². The molecule has 0 radical (unpaired) electrons. The number of aryl methyl sites for hydroxylation is 1. The van der Waals surface area contributed by atoms with Crippen molar-refractivity contribution in [2.45, 2.75) is 13.5 Å². The van der Waals surface area contributed by atoms with Crippen LogP contribution in [0.25, 0.3) is 0 Å². The maximum absolute atomic E-state index is 11.7. The van der Waals surface area contributed by atoms with Crippen molar-refractivity contribution < 1.29 is 9.63 Å². The molecule has 1 aromatic heterocycles. The van der Waals surface area contributed by atoms with E-state index in [1.165, 1.54) is 6.20 Å². The van der Waals surface area contributed by atoms with Gasteiger partial charge < -0.3 is 10.6 Å². The molecular weight excluding hydrogens is 244 g/mol. The van der Waals surface area contributed by atoms with Gasteiger partial charge in [-0.05, 0) is 6.92 Å². The minimum Gasteiger partial charge on any atom is -0.380 e. The lowest BCUT2D eigenvalue weighted by Crippen LogP contribution is -2.15. The minimum atomic E-state index is -0.585. The van der Waals surface area contributed by atoms with Crippen LogP contribution in [-0.2, 0) is 11.4 Å². The molecule has 98 valence electrons. The Morgan fingerprint density at radius 3 is 2.74 bits per heavy atom. The highest BCUT2D eigenvalue weighted by atomic mass is 16.7. The first-order chi connectivity index (χ1) is 9.20. The second kappa shape index (κ2) is 5.81. The molecule has 0 spiro atoms. The first-order valence-corrected chi connectivity index (χ1v) is 5.83. The molecule has 1 aromatic carbocycles. The fraction of sp³-hybridized carbons (Fsp3) is 0.154. The molecule has 0 unspecified atom stereocenters. The van der Waals surface area contributed by atoms with E-state index in [1.807, 2.05) is 25.1 Å². The van der Waals surface area contributed by atoms with E-state index >= 15 is 0 Å². The second-order valence-corrected chi connectivity index (χ2v) is 3.81. The van der Waals surface area contributed by atoms with Crippen LogP contribution in [0.1, 0.15) is 22.8 Å². The predicted octanol–water partition coefficient (Wildman–Crippen LogP) is 1.38. The van der Waals surface area contributed by atoms with E-state index in [4.69, 9.17) is 10.6 Å². The first kappa shape index (κ1) is 12.8. The van der Waals surface area contributed by atoms with Crippen LogP contribution in [0.3, 0.4) is 0 Å². The summed E-state index contributed by atoms with van der Waals surface area (Å²) in [6, 6.07) is 9.07. The number of carbonyl (C=O) groups is 1. The summed E-state index contributed by atoms with van der Waals surface area (Å²) in [5.74, 6) is -0.435. The molecule has 0 aliphatic heterocycles. The Bertz CT molecular complexity index is 590. The van der Waals surface area contributed by atoms with E-state index in [0.29, 0.717) is 17.7 Å². The number of nitrogens with zero attached hydrogens (tertiary/aromatic N) is 3.